The molecule has 0 atom stereocenters. The zero-order valence-electron chi connectivity index (χ0n) is 11.5. The highest BCUT2D eigenvalue weighted by Gasteiger charge is 2.17. The summed E-state index contributed by atoms with van der Waals surface area (Å²) >= 11 is 5.91. The molecule has 3 aromatic rings. The summed E-state index contributed by atoms with van der Waals surface area (Å²) in [5.74, 6) is 1.33. The summed E-state index contributed by atoms with van der Waals surface area (Å²) in [6.07, 6.45) is 1.82. The molecule has 0 radical (unpaired) electrons. The number of nitrogens with zero attached hydrogens (tertiary/aromatic N) is 4. The van der Waals surface area contributed by atoms with Gasteiger partial charge in [-0.1, -0.05) is 20.8 Å². The Morgan fingerprint density at radius 1 is 1.35 bits per heavy atom. The normalized spacial score (nSPS) is 12.0. The van der Waals surface area contributed by atoms with Gasteiger partial charge in [0.2, 0.25) is 5.28 Å². The molecule has 0 spiro atoms. The van der Waals surface area contributed by atoms with Gasteiger partial charge in [0.25, 0.3) is 0 Å². The predicted molar refractivity (Wildman–Crippen MR) is 78.6 cm³/mol. The first-order valence-corrected chi connectivity index (χ1v) is 6.65. The van der Waals surface area contributed by atoms with Crippen LogP contribution in [0.2, 0.25) is 5.28 Å². The summed E-state index contributed by atoms with van der Waals surface area (Å²) in [5, 5.41) is 14.7. The molecule has 3 rings (SSSR count). The average Bonchev–Trinajstić information content (AvgIpc) is 2.95. The minimum atomic E-state index is 0.0145. The van der Waals surface area contributed by atoms with Gasteiger partial charge in [-0.05, 0) is 23.7 Å². The van der Waals surface area contributed by atoms with Gasteiger partial charge in [0.05, 0.1) is 0 Å². The molecule has 7 heteroatoms. The van der Waals surface area contributed by atoms with Gasteiger partial charge in [0.15, 0.2) is 11.6 Å². The van der Waals surface area contributed by atoms with Crippen LogP contribution in [0.3, 0.4) is 0 Å². The lowest BCUT2D eigenvalue weighted by molar-refractivity contribution is 0.567. The summed E-state index contributed by atoms with van der Waals surface area (Å²) in [6.45, 7) is 6.37. The van der Waals surface area contributed by atoms with Crippen LogP contribution in [-0.4, -0.2) is 24.8 Å². The lowest BCUT2D eigenvalue weighted by Gasteiger charge is -2.14. The third-order valence-electron chi connectivity index (χ3n) is 3.00. The van der Waals surface area contributed by atoms with Gasteiger partial charge >= 0.3 is 0 Å². The Hall–Kier alpha value is -2.08. The molecule has 0 aromatic carbocycles. The Morgan fingerprint density at radius 3 is 2.85 bits per heavy atom. The largest absolute Gasteiger partial charge is 0.322 e. The first kappa shape index (κ1) is 12.9. The first-order chi connectivity index (χ1) is 9.43. The van der Waals surface area contributed by atoms with E-state index in [9.17, 15) is 0 Å². The summed E-state index contributed by atoms with van der Waals surface area (Å²) < 4.78 is 1.68. The Labute approximate surface area is 121 Å². The number of aromatic nitrogens is 5. The van der Waals surface area contributed by atoms with E-state index in [0.29, 0.717) is 11.6 Å². The second-order valence-electron chi connectivity index (χ2n) is 5.61. The minimum Gasteiger partial charge on any atom is -0.322 e. The number of nitrogens with one attached hydrogen (secondary N) is 2. The van der Waals surface area contributed by atoms with E-state index in [-0.39, 0.29) is 10.7 Å². The zero-order chi connectivity index (χ0) is 14.3. The van der Waals surface area contributed by atoms with E-state index in [1.54, 1.807) is 4.52 Å². The van der Waals surface area contributed by atoms with Crippen LogP contribution in [0.15, 0.2) is 24.4 Å². The minimum absolute atomic E-state index is 0.0145. The van der Waals surface area contributed by atoms with Crippen LogP contribution in [0.4, 0.5) is 11.6 Å². The van der Waals surface area contributed by atoms with Crippen LogP contribution in [0, 0.1) is 0 Å². The molecule has 0 fully saturated rings. The summed E-state index contributed by atoms with van der Waals surface area (Å²) in [4.78, 5) is 4.21. The predicted octanol–water partition coefficient (Wildman–Crippen LogP) is 3.15. The fraction of sp³-hybridized carbons (Fsp3) is 0.308. The Morgan fingerprint density at radius 2 is 2.15 bits per heavy atom. The van der Waals surface area contributed by atoms with Gasteiger partial charge in [-0.15, -0.1) is 5.10 Å². The van der Waals surface area contributed by atoms with Gasteiger partial charge in [0.1, 0.15) is 5.52 Å². The van der Waals surface area contributed by atoms with Crippen molar-refractivity contribution in [2.24, 2.45) is 0 Å². The lowest BCUT2D eigenvalue weighted by Crippen LogP contribution is -2.11. The molecule has 6 nitrogen and oxygen atoms in total. The van der Waals surface area contributed by atoms with Gasteiger partial charge in [0, 0.05) is 23.4 Å². The third kappa shape index (κ3) is 2.34. The molecule has 20 heavy (non-hydrogen) atoms. The van der Waals surface area contributed by atoms with Crippen molar-refractivity contribution >= 4 is 28.8 Å². The van der Waals surface area contributed by atoms with Crippen LogP contribution in [-0.2, 0) is 5.41 Å². The van der Waals surface area contributed by atoms with E-state index >= 15 is 0 Å². The Balaban J connectivity index is 1.97. The molecule has 0 bridgehead atoms. The second-order valence-corrected chi connectivity index (χ2v) is 5.95. The summed E-state index contributed by atoms with van der Waals surface area (Å²) in [7, 11) is 0. The highest BCUT2D eigenvalue weighted by Crippen LogP contribution is 2.25. The quantitative estimate of drug-likeness (QED) is 0.760. The molecule has 3 heterocycles. The fourth-order valence-corrected chi connectivity index (χ4v) is 2.06. The zero-order valence-corrected chi connectivity index (χ0v) is 12.2. The molecule has 0 unspecified atom stereocenters. The highest BCUT2D eigenvalue weighted by molar-refractivity contribution is 6.28. The molecule has 0 saturated carbocycles. The van der Waals surface area contributed by atoms with E-state index in [1.165, 1.54) is 0 Å². The molecule has 0 aliphatic carbocycles. The van der Waals surface area contributed by atoms with Crippen molar-refractivity contribution in [3.63, 3.8) is 0 Å². The van der Waals surface area contributed by atoms with E-state index in [1.807, 2.05) is 24.4 Å². The summed E-state index contributed by atoms with van der Waals surface area (Å²) in [6, 6.07) is 5.77. The van der Waals surface area contributed by atoms with Gasteiger partial charge < -0.3 is 5.32 Å². The van der Waals surface area contributed by atoms with Gasteiger partial charge in [-0.2, -0.15) is 10.1 Å². The number of aromatic amines is 1. The fourth-order valence-electron chi connectivity index (χ4n) is 1.89. The molecule has 104 valence electrons. The van der Waals surface area contributed by atoms with Gasteiger partial charge in [-0.25, -0.2) is 4.52 Å². The van der Waals surface area contributed by atoms with Crippen molar-refractivity contribution in [3.05, 3.63) is 35.4 Å². The topological polar surface area (TPSA) is 70.9 Å². The molecular weight excluding hydrogens is 276 g/mol. The summed E-state index contributed by atoms with van der Waals surface area (Å²) in [5.41, 5.74) is 1.90. The first-order valence-electron chi connectivity index (χ1n) is 6.27. The van der Waals surface area contributed by atoms with Crippen molar-refractivity contribution in [2.45, 2.75) is 26.2 Å². The van der Waals surface area contributed by atoms with E-state index in [0.717, 1.165) is 11.2 Å². The van der Waals surface area contributed by atoms with E-state index in [2.05, 4.69) is 46.4 Å². The standard InChI is InChI=1S/C13H15ClN6/c1-13(2,3)9-7-10(18-17-9)15-11-8-5-4-6-20(8)19-12(14)16-11/h4-7H,1-3H3,(H2,15,16,17,18,19). The Bertz CT molecular complexity index is 752. The molecule has 3 aromatic heterocycles. The lowest BCUT2D eigenvalue weighted by atomic mass is 9.92. The van der Waals surface area contributed by atoms with Crippen molar-refractivity contribution in [3.8, 4) is 0 Å². The smallest absolute Gasteiger partial charge is 0.243 e. The molecule has 0 aliphatic rings. The third-order valence-corrected chi connectivity index (χ3v) is 3.16. The van der Waals surface area contributed by atoms with Crippen LogP contribution in [0.25, 0.3) is 5.52 Å². The van der Waals surface area contributed by atoms with Crippen molar-refractivity contribution in [2.75, 3.05) is 5.32 Å². The molecular formula is C13H15ClN6. The molecule has 0 amide bonds. The van der Waals surface area contributed by atoms with Crippen LogP contribution >= 0.6 is 11.6 Å². The maximum atomic E-state index is 5.91. The number of hydrogen-bond donors (Lipinski definition) is 2. The van der Waals surface area contributed by atoms with Crippen molar-refractivity contribution < 1.29 is 0 Å². The SMILES string of the molecule is CC(C)(C)c1cc(Nc2nc(Cl)nn3cccc23)n[nH]1. The average molecular weight is 291 g/mol. The number of halogens is 1. The van der Waals surface area contributed by atoms with Crippen LogP contribution < -0.4 is 5.32 Å². The maximum absolute atomic E-state index is 5.91. The highest BCUT2D eigenvalue weighted by atomic mass is 35.5. The van der Waals surface area contributed by atoms with E-state index < -0.39 is 0 Å². The molecule has 2 N–H and O–H groups in total. The molecule has 0 aliphatic heterocycles. The monoisotopic (exact) mass is 290 g/mol. The molecule has 0 saturated heterocycles. The number of fused-ring (bicyclic) bond motifs is 1. The van der Waals surface area contributed by atoms with Crippen LogP contribution in [0.1, 0.15) is 26.5 Å². The van der Waals surface area contributed by atoms with Crippen molar-refractivity contribution in [1.29, 1.82) is 0 Å². The Kier molecular flexibility index (Phi) is 2.90. The van der Waals surface area contributed by atoms with Gasteiger partial charge in [-0.3, -0.25) is 5.10 Å². The second kappa shape index (κ2) is 4.49. The van der Waals surface area contributed by atoms with Crippen LogP contribution in [0.5, 0.6) is 0 Å². The maximum Gasteiger partial charge on any atom is 0.243 e. The number of anilines is 2. The number of H-pyrrole nitrogens is 1. The number of rotatable bonds is 2. The van der Waals surface area contributed by atoms with Crippen molar-refractivity contribution in [1.82, 2.24) is 24.8 Å². The van der Waals surface area contributed by atoms with E-state index in [4.69, 9.17) is 11.6 Å². The number of hydrogen-bond acceptors (Lipinski definition) is 4.